The standard InChI is InChI=1S/C22H18N2O3/c1-26-22(25)17-6-4-5-15(13-17)14-27-18-11-9-16(10-12-18)21-23-19-7-2-3-8-20(19)24-21/h2-13H,14H2,1H3,(H,23,24). The zero-order chi connectivity index (χ0) is 18.6. The second kappa shape index (κ2) is 7.33. The number of carbonyl (C=O) groups excluding carboxylic acids is 1. The number of nitrogens with one attached hydrogen (secondary N) is 1. The van der Waals surface area contributed by atoms with Crippen LogP contribution in [0.25, 0.3) is 22.4 Å². The van der Waals surface area contributed by atoms with Crippen molar-refractivity contribution >= 4 is 17.0 Å². The largest absolute Gasteiger partial charge is 0.489 e. The van der Waals surface area contributed by atoms with Crippen molar-refractivity contribution in [3.05, 3.63) is 83.9 Å². The van der Waals surface area contributed by atoms with E-state index in [1.165, 1.54) is 7.11 Å². The molecule has 0 fully saturated rings. The van der Waals surface area contributed by atoms with Gasteiger partial charge >= 0.3 is 5.97 Å². The minimum absolute atomic E-state index is 0.355. The lowest BCUT2D eigenvalue weighted by Crippen LogP contribution is -2.03. The number of esters is 1. The van der Waals surface area contributed by atoms with E-state index in [4.69, 9.17) is 9.47 Å². The Balaban J connectivity index is 1.46. The number of nitrogens with zero attached hydrogens (tertiary/aromatic N) is 1. The van der Waals surface area contributed by atoms with Crippen molar-refractivity contribution in [3.8, 4) is 17.1 Å². The molecule has 1 heterocycles. The molecular weight excluding hydrogens is 340 g/mol. The Morgan fingerprint density at radius 2 is 1.81 bits per heavy atom. The van der Waals surface area contributed by atoms with Gasteiger partial charge in [-0.15, -0.1) is 0 Å². The molecule has 3 aromatic carbocycles. The third-order valence-corrected chi connectivity index (χ3v) is 4.27. The first kappa shape index (κ1) is 16.8. The van der Waals surface area contributed by atoms with E-state index < -0.39 is 0 Å². The topological polar surface area (TPSA) is 64.2 Å². The minimum Gasteiger partial charge on any atom is -0.489 e. The molecule has 0 atom stereocenters. The van der Waals surface area contributed by atoms with Gasteiger partial charge in [-0.3, -0.25) is 0 Å². The normalized spacial score (nSPS) is 10.7. The van der Waals surface area contributed by atoms with Crippen LogP contribution in [0.1, 0.15) is 15.9 Å². The number of aromatic amines is 1. The first-order valence-electron chi connectivity index (χ1n) is 8.58. The van der Waals surface area contributed by atoms with Crippen LogP contribution in [-0.4, -0.2) is 23.0 Å². The zero-order valence-electron chi connectivity index (χ0n) is 14.8. The summed E-state index contributed by atoms with van der Waals surface area (Å²) >= 11 is 0. The number of aromatic nitrogens is 2. The highest BCUT2D eigenvalue weighted by Crippen LogP contribution is 2.23. The van der Waals surface area contributed by atoms with Gasteiger partial charge in [0.25, 0.3) is 0 Å². The molecule has 4 rings (SSSR count). The Labute approximate surface area is 156 Å². The average molecular weight is 358 g/mol. The summed E-state index contributed by atoms with van der Waals surface area (Å²) in [7, 11) is 1.37. The van der Waals surface area contributed by atoms with Crippen LogP contribution >= 0.6 is 0 Å². The Morgan fingerprint density at radius 3 is 2.59 bits per heavy atom. The smallest absolute Gasteiger partial charge is 0.337 e. The van der Waals surface area contributed by atoms with Gasteiger partial charge in [-0.1, -0.05) is 24.3 Å². The van der Waals surface area contributed by atoms with Crippen LogP contribution in [0, 0.1) is 0 Å². The predicted octanol–water partition coefficient (Wildman–Crippen LogP) is 4.60. The number of para-hydroxylation sites is 2. The summed E-state index contributed by atoms with van der Waals surface area (Å²) in [6.07, 6.45) is 0. The maximum absolute atomic E-state index is 11.6. The molecular formula is C22H18N2O3. The molecule has 1 N–H and O–H groups in total. The molecule has 0 aliphatic rings. The van der Waals surface area contributed by atoms with E-state index in [0.717, 1.165) is 33.7 Å². The Kier molecular flexibility index (Phi) is 4.58. The molecule has 0 bridgehead atoms. The average Bonchev–Trinajstić information content (AvgIpc) is 3.16. The highest BCUT2D eigenvalue weighted by atomic mass is 16.5. The van der Waals surface area contributed by atoms with Crippen LogP contribution in [0.3, 0.4) is 0 Å². The molecule has 1 aromatic heterocycles. The first-order valence-corrected chi connectivity index (χ1v) is 8.58. The van der Waals surface area contributed by atoms with E-state index in [2.05, 4.69) is 9.97 Å². The quantitative estimate of drug-likeness (QED) is 0.530. The van der Waals surface area contributed by atoms with E-state index in [0.29, 0.717) is 12.2 Å². The lowest BCUT2D eigenvalue weighted by atomic mass is 10.1. The number of carbonyl (C=O) groups is 1. The molecule has 0 saturated heterocycles. The summed E-state index contributed by atoms with van der Waals surface area (Å²) in [6, 6.07) is 22.9. The second-order valence-electron chi connectivity index (χ2n) is 6.11. The van der Waals surface area contributed by atoms with E-state index in [1.807, 2.05) is 60.7 Å². The molecule has 27 heavy (non-hydrogen) atoms. The van der Waals surface area contributed by atoms with E-state index in [9.17, 15) is 4.79 Å². The van der Waals surface area contributed by atoms with Crippen molar-refractivity contribution in [1.82, 2.24) is 9.97 Å². The third-order valence-electron chi connectivity index (χ3n) is 4.27. The van der Waals surface area contributed by atoms with Crippen molar-refractivity contribution in [3.63, 3.8) is 0 Å². The summed E-state index contributed by atoms with van der Waals surface area (Å²) in [4.78, 5) is 19.5. The van der Waals surface area contributed by atoms with Crippen molar-refractivity contribution in [2.75, 3.05) is 7.11 Å². The minimum atomic E-state index is -0.355. The van der Waals surface area contributed by atoms with Crippen LogP contribution in [0.15, 0.2) is 72.8 Å². The third kappa shape index (κ3) is 3.67. The van der Waals surface area contributed by atoms with Gasteiger partial charge in [0.05, 0.1) is 23.7 Å². The van der Waals surface area contributed by atoms with Gasteiger partial charge in [0.15, 0.2) is 0 Å². The monoisotopic (exact) mass is 358 g/mol. The fourth-order valence-corrected chi connectivity index (χ4v) is 2.87. The number of methoxy groups -OCH3 is 1. The Hall–Kier alpha value is -3.60. The fourth-order valence-electron chi connectivity index (χ4n) is 2.87. The number of hydrogen-bond donors (Lipinski definition) is 1. The molecule has 0 aliphatic heterocycles. The molecule has 0 saturated carbocycles. The number of rotatable bonds is 5. The van der Waals surface area contributed by atoms with Gasteiger partial charge in [0.1, 0.15) is 18.2 Å². The second-order valence-corrected chi connectivity index (χ2v) is 6.11. The molecule has 5 heteroatoms. The van der Waals surface area contributed by atoms with Gasteiger partial charge in [-0.2, -0.15) is 0 Å². The summed E-state index contributed by atoms with van der Waals surface area (Å²) in [5.74, 6) is 1.22. The number of ether oxygens (including phenoxy) is 2. The number of imidazole rings is 1. The molecule has 4 aromatic rings. The maximum atomic E-state index is 11.6. The van der Waals surface area contributed by atoms with E-state index in [1.54, 1.807) is 12.1 Å². The number of fused-ring (bicyclic) bond motifs is 1. The number of H-pyrrole nitrogens is 1. The van der Waals surface area contributed by atoms with Crippen molar-refractivity contribution in [1.29, 1.82) is 0 Å². The number of benzene rings is 3. The van der Waals surface area contributed by atoms with Gasteiger partial charge in [0, 0.05) is 5.56 Å². The molecule has 0 aliphatic carbocycles. The van der Waals surface area contributed by atoms with Crippen molar-refractivity contribution in [2.24, 2.45) is 0 Å². The molecule has 0 radical (unpaired) electrons. The molecule has 134 valence electrons. The van der Waals surface area contributed by atoms with Gasteiger partial charge in [-0.25, -0.2) is 9.78 Å². The lowest BCUT2D eigenvalue weighted by molar-refractivity contribution is 0.0600. The summed E-state index contributed by atoms with van der Waals surface area (Å²) in [5, 5.41) is 0. The molecule has 0 amide bonds. The first-order chi connectivity index (χ1) is 13.2. The number of hydrogen-bond acceptors (Lipinski definition) is 4. The zero-order valence-corrected chi connectivity index (χ0v) is 14.8. The van der Waals surface area contributed by atoms with Gasteiger partial charge < -0.3 is 14.5 Å². The predicted molar refractivity (Wildman–Crippen MR) is 104 cm³/mol. The molecule has 0 spiro atoms. The lowest BCUT2D eigenvalue weighted by Gasteiger charge is -2.08. The van der Waals surface area contributed by atoms with E-state index >= 15 is 0 Å². The van der Waals surface area contributed by atoms with Crippen LogP contribution in [-0.2, 0) is 11.3 Å². The van der Waals surface area contributed by atoms with E-state index in [-0.39, 0.29) is 5.97 Å². The molecule has 0 unspecified atom stereocenters. The van der Waals surface area contributed by atoms with Crippen LogP contribution in [0.2, 0.25) is 0 Å². The van der Waals surface area contributed by atoms with Gasteiger partial charge in [0.2, 0.25) is 0 Å². The Bertz CT molecular complexity index is 1050. The maximum Gasteiger partial charge on any atom is 0.337 e. The summed E-state index contributed by atoms with van der Waals surface area (Å²) < 4.78 is 10.6. The van der Waals surface area contributed by atoms with Crippen LogP contribution < -0.4 is 4.74 Å². The Morgan fingerprint density at radius 1 is 1.00 bits per heavy atom. The highest BCUT2D eigenvalue weighted by Gasteiger charge is 2.07. The molecule has 5 nitrogen and oxygen atoms in total. The SMILES string of the molecule is COC(=O)c1cccc(COc2ccc(-c3nc4ccccc4[nH]3)cc2)c1. The van der Waals surface area contributed by atoms with Gasteiger partial charge in [-0.05, 0) is 54.1 Å². The summed E-state index contributed by atoms with van der Waals surface area (Å²) in [6.45, 7) is 0.370. The fraction of sp³-hybridized carbons (Fsp3) is 0.0909. The summed E-state index contributed by atoms with van der Waals surface area (Å²) in [5.41, 5.74) is 4.36. The van der Waals surface area contributed by atoms with Crippen LogP contribution in [0.5, 0.6) is 5.75 Å². The van der Waals surface area contributed by atoms with Crippen molar-refractivity contribution in [2.45, 2.75) is 6.61 Å². The van der Waals surface area contributed by atoms with Crippen LogP contribution in [0.4, 0.5) is 0 Å². The highest BCUT2D eigenvalue weighted by molar-refractivity contribution is 5.89. The van der Waals surface area contributed by atoms with Crippen molar-refractivity contribution < 1.29 is 14.3 Å².